The van der Waals surface area contributed by atoms with Gasteiger partial charge in [0.1, 0.15) is 5.01 Å². The molecule has 0 unspecified atom stereocenters. The molecule has 0 saturated heterocycles. The van der Waals surface area contributed by atoms with Gasteiger partial charge < -0.3 is 9.88 Å². The maximum atomic E-state index is 4.28. The molecule has 16 heavy (non-hydrogen) atoms. The molecule has 0 fully saturated rings. The number of nitrogens with zero attached hydrogens (tertiary/aromatic N) is 3. The van der Waals surface area contributed by atoms with Crippen molar-refractivity contribution < 1.29 is 0 Å². The summed E-state index contributed by atoms with van der Waals surface area (Å²) in [6, 6.07) is 0. The van der Waals surface area contributed by atoms with E-state index in [0.717, 1.165) is 31.1 Å². The van der Waals surface area contributed by atoms with Gasteiger partial charge in [0.15, 0.2) is 0 Å². The molecule has 0 aromatic carbocycles. The number of rotatable bonds is 6. The predicted molar refractivity (Wildman–Crippen MR) is 65.4 cm³/mol. The van der Waals surface area contributed by atoms with Crippen molar-refractivity contribution in [2.24, 2.45) is 0 Å². The minimum Gasteiger partial charge on any atom is -0.326 e. The summed E-state index contributed by atoms with van der Waals surface area (Å²) in [5.74, 6) is 0. The maximum Gasteiger partial charge on any atom is 0.112 e. The van der Waals surface area contributed by atoms with E-state index < -0.39 is 0 Å². The highest BCUT2D eigenvalue weighted by Gasteiger charge is 2.03. The first-order valence-electron chi connectivity index (χ1n) is 5.48. The molecule has 86 valence electrons. The highest BCUT2D eigenvalue weighted by Crippen LogP contribution is 2.08. The Labute approximate surface area is 99.4 Å². The molecule has 0 amide bonds. The Morgan fingerprint density at radius 2 is 2.44 bits per heavy atom. The van der Waals surface area contributed by atoms with E-state index >= 15 is 0 Å². The van der Waals surface area contributed by atoms with E-state index in [0.29, 0.717) is 0 Å². The van der Waals surface area contributed by atoms with Crippen LogP contribution in [0.5, 0.6) is 0 Å². The minimum absolute atomic E-state index is 0.820. The van der Waals surface area contributed by atoms with Crippen LogP contribution in [0.4, 0.5) is 0 Å². The quantitative estimate of drug-likeness (QED) is 0.779. The second-order valence-corrected chi connectivity index (χ2v) is 4.59. The SMILES string of the molecule is CCCNCc1cncn1Cc1nccs1. The van der Waals surface area contributed by atoms with Crippen LogP contribution in [0.15, 0.2) is 24.1 Å². The van der Waals surface area contributed by atoms with Crippen molar-refractivity contribution in [3.05, 3.63) is 34.8 Å². The highest BCUT2D eigenvalue weighted by atomic mass is 32.1. The maximum absolute atomic E-state index is 4.28. The zero-order chi connectivity index (χ0) is 11.2. The predicted octanol–water partition coefficient (Wildman–Crippen LogP) is 1.89. The van der Waals surface area contributed by atoms with Crippen molar-refractivity contribution in [1.29, 1.82) is 0 Å². The Kier molecular flexibility index (Phi) is 4.07. The zero-order valence-corrected chi connectivity index (χ0v) is 10.2. The smallest absolute Gasteiger partial charge is 0.112 e. The van der Waals surface area contributed by atoms with Gasteiger partial charge in [0, 0.05) is 24.3 Å². The number of imidazole rings is 1. The third kappa shape index (κ3) is 2.90. The average Bonchev–Trinajstić information content (AvgIpc) is 2.92. The highest BCUT2D eigenvalue weighted by molar-refractivity contribution is 7.09. The first kappa shape index (κ1) is 11.3. The van der Waals surface area contributed by atoms with Crippen molar-refractivity contribution >= 4 is 11.3 Å². The minimum atomic E-state index is 0.820. The van der Waals surface area contributed by atoms with Crippen LogP contribution >= 0.6 is 11.3 Å². The van der Waals surface area contributed by atoms with E-state index in [-0.39, 0.29) is 0 Å². The van der Waals surface area contributed by atoms with Crippen molar-refractivity contribution in [2.45, 2.75) is 26.4 Å². The van der Waals surface area contributed by atoms with Crippen LogP contribution in [-0.4, -0.2) is 21.1 Å². The molecule has 0 radical (unpaired) electrons. The summed E-state index contributed by atoms with van der Waals surface area (Å²) in [6.45, 7) is 4.91. The van der Waals surface area contributed by atoms with Crippen LogP contribution in [0.3, 0.4) is 0 Å². The lowest BCUT2D eigenvalue weighted by molar-refractivity contribution is 0.629. The number of hydrogen-bond donors (Lipinski definition) is 1. The van der Waals surface area contributed by atoms with Gasteiger partial charge in [0.25, 0.3) is 0 Å². The van der Waals surface area contributed by atoms with E-state index in [4.69, 9.17) is 0 Å². The molecule has 0 aliphatic heterocycles. The molecule has 0 aliphatic carbocycles. The molecule has 0 saturated carbocycles. The summed E-state index contributed by atoms with van der Waals surface area (Å²) in [5, 5.41) is 6.50. The van der Waals surface area contributed by atoms with Gasteiger partial charge in [-0.05, 0) is 13.0 Å². The van der Waals surface area contributed by atoms with Crippen LogP contribution in [0, 0.1) is 0 Å². The van der Waals surface area contributed by atoms with Crippen LogP contribution in [0.2, 0.25) is 0 Å². The van der Waals surface area contributed by atoms with Crippen LogP contribution in [0.1, 0.15) is 24.0 Å². The Morgan fingerprint density at radius 3 is 3.19 bits per heavy atom. The Balaban J connectivity index is 1.96. The van der Waals surface area contributed by atoms with E-state index in [1.807, 2.05) is 24.1 Å². The summed E-state index contributed by atoms with van der Waals surface area (Å²) in [6.07, 6.45) is 6.77. The topological polar surface area (TPSA) is 42.7 Å². The van der Waals surface area contributed by atoms with Crippen LogP contribution in [0.25, 0.3) is 0 Å². The molecular weight excluding hydrogens is 220 g/mol. The molecule has 0 bridgehead atoms. The lowest BCUT2D eigenvalue weighted by atomic mass is 10.4. The molecular formula is C11H16N4S. The van der Waals surface area contributed by atoms with Crippen molar-refractivity contribution in [2.75, 3.05) is 6.54 Å². The lowest BCUT2D eigenvalue weighted by Gasteiger charge is -2.06. The summed E-state index contributed by atoms with van der Waals surface area (Å²) < 4.78 is 2.14. The second-order valence-electron chi connectivity index (χ2n) is 3.62. The Morgan fingerprint density at radius 1 is 1.50 bits per heavy atom. The van der Waals surface area contributed by atoms with Gasteiger partial charge in [-0.25, -0.2) is 9.97 Å². The fraction of sp³-hybridized carbons (Fsp3) is 0.455. The van der Waals surface area contributed by atoms with E-state index in [9.17, 15) is 0 Å². The fourth-order valence-electron chi connectivity index (χ4n) is 1.51. The summed E-state index contributed by atoms with van der Waals surface area (Å²) >= 11 is 1.68. The molecule has 5 heteroatoms. The van der Waals surface area contributed by atoms with Crippen LogP contribution < -0.4 is 5.32 Å². The molecule has 4 nitrogen and oxygen atoms in total. The first-order valence-corrected chi connectivity index (χ1v) is 6.36. The monoisotopic (exact) mass is 236 g/mol. The standard InChI is InChI=1S/C11H16N4S/c1-2-3-12-6-10-7-13-9-15(10)8-11-14-4-5-16-11/h4-5,7,9,12H,2-3,6,8H2,1H3. The second kappa shape index (κ2) is 5.77. The number of aromatic nitrogens is 3. The van der Waals surface area contributed by atoms with E-state index in [1.165, 1.54) is 5.69 Å². The third-order valence-electron chi connectivity index (χ3n) is 2.32. The summed E-state index contributed by atoms with van der Waals surface area (Å²) in [7, 11) is 0. The van der Waals surface area contributed by atoms with Gasteiger partial charge in [0.05, 0.1) is 18.6 Å². The molecule has 2 aromatic rings. The Hall–Kier alpha value is -1.20. The van der Waals surface area contributed by atoms with Crippen LogP contribution in [-0.2, 0) is 13.1 Å². The van der Waals surface area contributed by atoms with Crippen molar-refractivity contribution in [3.8, 4) is 0 Å². The van der Waals surface area contributed by atoms with Gasteiger partial charge in [-0.1, -0.05) is 6.92 Å². The molecule has 2 heterocycles. The van der Waals surface area contributed by atoms with Gasteiger partial charge in [-0.15, -0.1) is 11.3 Å². The zero-order valence-electron chi connectivity index (χ0n) is 9.39. The fourth-order valence-corrected chi connectivity index (χ4v) is 2.12. The van der Waals surface area contributed by atoms with Crippen molar-refractivity contribution in [1.82, 2.24) is 19.9 Å². The van der Waals surface area contributed by atoms with E-state index in [1.54, 1.807) is 11.3 Å². The number of thiazole rings is 1. The molecule has 0 atom stereocenters. The Bertz CT molecular complexity index is 407. The van der Waals surface area contributed by atoms with Gasteiger partial charge in [-0.3, -0.25) is 0 Å². The third-order valence-corrected chi connectivity index (χ3v) is 3.08. The molecule has 2 rings (SSSR count). The summed E-state index contributed by atoms with van der Waals surface area (Å²) in [4.78, 5) is 8.46. The largest absolute Gasteiger partial charge is 0.326 e. The molecule has 2 aromatic heterocycles. The summed E-state index contributed by atoms with van der Waals surface area (Å²) in [5.41, 5.74) is 1.21. The normalized spacial score (nSPS) is 10.8. The molecule has 1 N–H and O–H groups in total. The lowest BCUT2D eigenvalue weighted by Crippen LogP contribution is -2.16. The number of nitrogens with one attached hydrogen (secondary N) is 1. The van der Waals surface area contributed by atoms with Gasteiger partial charge in [-0.2, -0.15) is 0 Å². The van der Waals surface area contributed by atoms with E-state index in [2.05, 4.69) is 26.8 Å². The molecule has 0 aliphatic rings. The number of hydrogen-bond acceptors (Lipinski definition) is 4. The molecule has 0 spiro atoms. The van der Waals surface area contributed by atoms with Gasteiger partial charge in [0.2, 0.25) is 0 Å². The average molecular weight is 236 g/mol. The first-order chi connectivity index (χ1) is 7.90. The van der Waals surface area contributed by atoms with Gasteiger partial charge >= 0.3 is 0 Å². The van der Waals surface area contributed by atoms with Crippen molar-refractivity contribution in [3.63, 3.8) is 0 Å².